The van der Waals surface area contributed by atoms with Crippen LogP contribution in [0.15, 0.2) is 91.0 Å². The van der Waals surface area contributed by atoms with E-state index in [0.717, 1.165) is 27.7 Å². The van der Waals surface area contributed by atoms with Gasteiger partial charge in [0.25, 0.3) is 0 Å². The maximum atomic E-state index is 13.2. The van der Waals surface area contributed by atoms with Crippen molar-refractivity contribution in [3.63, 3.8) is 0 Å². The predicted octanol–water partition coefficient (Wildman–Crippen LogP) is 3.10. The molecular weight excluding hydrogens is 559 g/mol. The van der Waals surface area contributed by atoms with Gasteiger partial charge in [-0.2, -0.15) is 0 Å². The van der Waals surface area contributed by atoms with Gasteiger partial charge >= 0.3 is 224 Å². The van der Waals surface area contributed by atoms with Gasteiger partial charge in [-0.15, -0.1) is 0 Å². The molecule has 0 bridgehead atoms. The second-order valence-corrected chi connectivity index (χ2v) is 19.1. The fraction of sp³-hybridized carbons (Fsp3) is 0.222. The number of hydrogen-bond acceptors (Lipinski definition) is 5. The Morgan fingerprint density at radius 2 is 1.39 bits per heavy atom. The SMILES string of the molecule is NC(CSC1CC(=O)N(CCP(Br)(c2ccccc2)(c2ccccc2)c2ccccc2)C1=O)C(=O)O. The number of carboxylic acids is 1. The van der Waals surface area contributed by atoms with Crippen LogP contribution in [0.1, 0.15) is 6.42 Å². The van der Waals surface area contributed by atoms with E-state index < -0.39 is 22.6 Å². The van der Waals surface area contributed by atoms with Crippen molar-refractivity contribution in [3.8, 4) is 0 Å². The summed E-state index contributed by atoms with van der Waals surface area (Å²) in [7, 11) is 0. The molecule has 9 heteroatoms. The number of thioether (sulfide) groups is 1. The molecule has 2 amide bonds. The molecule has 3 aromatic carbocycles. The molecule has 0 aromatic heterocycles. The molecule has 2 unspecified atom stereocenters. The summed E-state index contributed by atoms with van der Waals surface area (Å²) in [5.41, 5.74) is 5.60. The Labute approximate surface area is 222 Å². The number of nitrogens with zero attached hydrogens (tertiary/aromatic N) is 1. The Hall–Kier alpha value is -2.51. The van der Waals surface area contributed by atoms with Crippen LogP contribution in [0.2, 0.25) is 0 Å². The van der Waals surface area contributed by atoms with Gasteiger partial charge in [0.1, 0.15) is 0 Å². The second-order valence-electron chi connectivity index (χ2n) is 8.77. The van der Waals surface area contributed by atoms with Gasteiger partial charge in [-0.25, -0.2) is 0 Å². The van der Waals surface area contributed by atoms with Crippen molar-refractivity contribution in [2.24, 2.45) is 5.73 Å². The molecule has 2 atom stereocenters. The van der Waals surface area contributed by atoms with Crippen molar-refractivity contribution in [2.75, 3.05) is 18.5 Å². The second kappa shape index (κ2) is 10.9. The maximum absolute atomic E-state index is 13.2. The normalized spacial score (nSPS) is 18.0. The molecule has 1 aliphatic heterocycles. The summed E-state index contributed by atoms with van der Waals surface area (Å²) in [4.78, 5) is 38.6. The predicted molar refractivity (Wildman–Crippen MR) is 152 cm³/mol. The van der Waals surface area contributed by atoms with Gasteiger partial charge in [-0.05, 0) is 0 Å². The molecule has 1 heterocycles. The molecule has 1 saturated heterocycles. The molecule has 0 spiro atoms. The number of carboxylic acid groups (broad SMARTS) is 1. The standard InChI is InChI=1S/C27H28BrN2O4PS/c28-35(20-10-4-1-5-11-20,21-12-6-2-7-13-21,22-14-8-3-9-15-22)17-16-30-25(31)18-24(26(30)32)36-19-23(29)27(33)34/h1-15,23-24H,16-19,29H2,(H,33,34). The van der Waals surface area contributed by atoms with Crippen LogP contribution >= 0.6 is 32.6 Å². The quantitative estimate of drug-likeness (QED) is 0.280. The fourth-order valence-corrected chi connectivity index (χ4v) is 13.0. The van der Waals surface area contributed by atoms with E-state index in [9.17, 15) is 14.4 Å². The molecule has 188 valence electrons. The first-order valence-corrected chi connectivity index (χ1v) is 17.1. The Kier molecular flexibility index (Phi) is 8.00. The monoisotopic (exact) mass is 586 g/mol. The van der Waals surface area contributed by atoms with E-state index in [-0.39, 0.29) is 30.5 Å². The van der Waals surface area contributed by atoms with Crippen LogP contribution in [0.25, 0.3) is 0 Å². The summed E-state index contributed by atoms with van der Waals surface area (Å²) in [6, 6.07) is 29.5. The average Bonchev–Trinajstić information content (AvgIpc) is 3.19. The first-order valence-electron chi connectivity index (χ1n) is 11.6. The van der Waals surface area contributed by atoms with E-state index in [1.807, 2.05) is 54.6 Å². The van der Waals surface area contributed by atoms with E-state index >= 15 is 0 Å². The summed E-state index contributed by atoms with van der Waals surface area (Å²) in [5, 5.41) is 8.48. The molecule has 0 radical (unpaired) electrons. The van der Waals surface area contributed by atoms with Crippen molar-refractivity contribution in [2.45, 2.75) is 17.7 Å². The number of rotatable bonds is 10. The van der Waals surface area contributed by atoms with Crippen molar-refractivity contribution in [1.82, 2.24) is 4.90 Å². The van der Waals surface area contributed by atoms with Gasteiger partial charge < -0.3 is 0 Å². The van der Waals surface area contributed by atoms with Crippen LogP contribution in [0, 0.1) is 0 Å². The summed E-state index contributed by atoms with van der Waals surface area (Å²) in [5.74, 6) is -1.58. The fourth-order valence-electron chi connectivity index (χ4n) is 4.65. The van der Waals surface area contributed by atoms with E-state index in [1.165, 1.54) is 4.90 Å². The van der Waals surface area contributed by atoms with Crippen LogP contribution in [0.3, 0.4) is 0 Å². The van der Waals surface area contributed by atoms with Crippen molar-refractivity contribution in [3.05, 3.63) is 91.0 Å². The molecule has 1 aliphatic rings. The summed E-state index contributed by atoms with van der Waals surface area (Å²) >= 11 is 5.48. The molecule has 0 saturated carbocycles. The number of aliphatic carboxylic acids is 1. The van der Waals surface area contributed by atoms with Crippen molar-refractivity contribution < 1.29 is 19.5 Å². The minimum absolute atomic E-state index is 0.0517. The zero-order chi connectivity index (χ0) is 25.8. The van der Waals surface area contributed by atoms with Gasteiger partial charge in [-0.3, -0.25) is 0 Å². The molecule has 0 aliphatic carbocycles. The van der Waals surface area contributed by atoms with Gasteiger partial charge in [-0.1, -0.05) is 0 Å². The molecule has 3 aromatic rings. The zero-order valence-electron chi connectivity index (χ0n) is 19.6. The summed E-state index contributed by atoms with van der Waals surface area (Å²) in [6.07, 6.45) is 0.573. The van der Waals surface area contributed by atoms with E-state index in [1.54, 1.807) is 0 Å². The number of imide groups is 1. The van der Waals surface area contributed by atoms with Crippen LogP contribution in [0.4, 0.5) is 0 Å². The topological polar surface area (TPSA) is 101 Å². The average molecular weight is 587 g/mol. The number of amides is 2. The third-order valence-electron chi connectivity index (χ3n) is 6.62. The summed E-state index contributed by atoms with van der Waals surface area (Å²) in [6.45, 7) is 0.238. The Bertz CT molecular complexity index is 1150. The van der Waals surface area contributed by atoms with E-state index in [0.29, 0.717) is 6.16 Å². The van der Waals surface area contributed by atoms with Gasteiger partial charge in [0, 0.05) is 0 Å². The van der Waals surface area contributed by atoms with Gasteiger partial charge in [0.15, 0.2) is 0 Å². The van der Waals surface area contributed by atoms with Crippen molar-refractivity contribution >= 4 is 66.3 Å². The minimum atomic E-state index is -3.28. The third kappa shape index (κ3) is 4.88. The van der Waals surface area contributed by atoms with E-state index in [4.69, 9.17) is 10.8 Å². The zero-order valence-corrected chi connectivity index (χ0v) is 22.9. The molecule has 3 N–H and O–H groups in total. The molecule has 6 nitrogen and oxygen atoms in total. The number of halogens is 1. The third-order valence-corrected chi connectivity index (χ3v) is 17.9. The first kappa shape index (κ1) is 26.6. The Balaban J connectivity index is 1.72. The van der Waals surface area contributed by atoms with Crippen molar-refractivity contribution in [1.29, 1.82) is 0 Å². The van der Waals surface area contributed by atoms with E-state index in [2.05, 4.69) is 51.9 Å². The molecule has 36 heavy (non-hydrogen) atoms. The molecule has 1 fully saturated rings. The Morgan fingerprint density at radius 1 is 0.944 bits per heavy atom. The molecular formula is C27H28BrN2O4PS. The van der Waals surface area contributed by atoms with Gasteiger partial charge in [0.2, 0.25) is 0 Å². The number of hydrogen-bond donors (Lipinski definition) is 2. The summed E-state index contributed by atoms with van der Waals surface area (Å²) < 4.78 is 0. The molecule has 4 rings (SSSR count). The van der Waals surface area contributed by atoms with Gasteiger partial charge in [0.05, 0.1) is 0 Å². The van der Waals surface area contributed by atoms with Crippen LogP contribution in [0.5, 0.6) is 0 Å². The van der Waals surface area contributed by atoms with Crippen LogP contribution in [-0.2, 0) is 14.4 Å². The first-order chi connectivity index (χ1) is 17.2. The number of likely N-dealkylation sites (tertiary alicyclic amines) is 1. The number of carbonyl (C=O) groups excluding carboxylic acids is 2. The number of nitrogens with two attached hydrogens (primary N) is 1. The Morgan fingerprint density at radius 3 is 1.81 bits per heavy atom. The van der Waals surface area contributed by atoms with Crippen LogP contribution in [-0.4, -0.2) is 57.5 Å². The number of carbonyl (C=O) groups is 3. The number of benzene rings is 3. The van der Waals surface area contributed by atoms with Crippen LogP contribution < -0.4 is 21.6 Å².